The Morgan fingerprint density at radius 3 is 2.24 bits per heavy atom. The minimum absolute atomic E-state index is 0.0134. The van der Waals surface area contributed by atoms with Gasteiger partial charge >= 0.3 is 12.2 Å². The number of anilines is 3. The van der Waals surface area contributed by atoms with Crippen LogP contribution < -0.4 is 15.4 Å². The van der Waals surface area contributed by atoms with Gasteiger partial charge in [0.25, 0.3) is 0 Å². The maximum atomic E-state index is 14.2. The van der Waals surface area contributed by atoms with E-state index in [9.17, 15) is 9.59 Å². The minimum atomic E-state index is -0.746. The zero-order valence-electron chi connectivity index (χ0n) is 29.3. The molecule has 2 N–H and O–H groups in total. The quantitative estimate of drug-likeness (QED) is 0.197. The van der Waals surface area contributed by atoms with Gasteiger partial charge in [0.05, 0.1) is 17.1 Å². The van der Waals surface area contributed by atoms with E-state index in [1.165, 1.54) is 5.56 Å². The molecule has 1 heterocycles. The number of ether oxygens (including phenoxy) is 3. The summed E-state index contributed by atoms with van der Waals surface area (Å²) in [5, 5.41) is 0. The molecule has 4 aromatic carbocycles. The SMILES string of the molecule is CC(C)(C)OC(=O)N(c1ccccc1N)c1cc2c(cc1OCc1ccccc1)[C@]13CCCC[C@@H]1[C@H](C2)N(C(=O)OCc1ccccc1)CC3. The van der Waals surface area contributed by atoms with Crippen molar-refractivity contribution < 1.29 is 23.8 Å². The molecule has 260 valence electrons. The van der Waals surface area contributed by atoms with Gasteiger partial charge in [-0.25, -0.2) is 14.5 Å². The summed E-state index contributed by atoms with van der Waals surface area (Å²) < 4.78 is 18.6. The summed E-state index contributed by atoms with van der Waals surface area (Å²) in [4.78, 5) is 31.5. The number of hydrogen-bond acceptors (Lipinski definition) is 6. The van der Waals surface area contributed by atoms with E-state index in [1.54, 1.807) is 11.0 Å². The van der Waals surface area contributed by atoms with Crippen LogP contribution in [0.25, 0.3) is 0 Å². The van der Waals surface area contributed by atoms with Crippen LogP contribution >= 0.6 is 0 Å². The summed E-state index contributed by atoms with van der Waals surface area (Å²) in [6, 6.07) is 31.4. The van der Waals surface area contributed by atoms with E-state index in [2.05, 4.69) is 12.1 Å². The van der Waals surface area contributed by atoms with Gasteiger partial charge in [0.2, 0.25) is 0 Å². The van der Waals surface area contributed by atoms with Gasteiger partial charge in [-0.1, -0.05) is 85.6 Å². The predicted molar refractivity (Wildman–Crippen MR) is 196 cm³/mol. The number of benzene rings is 4. The van der Waals surface area contributed by atoms with Crippen molar-refractivity contribution in [1.82, 2.24) is 4.90 Å². The van der Waals surface area contributed by atoms with Gasteiger partial charge in [-0.2, -0.15) is 0 Å². The highest BCUT2D eigenvalue weighted by atomic mass is 16.6. The number of nitrogens with two attached hydrogens (primary N) is 1. The minimum Gasteiger partial charge on any atom is -0.487 e. The molecular formula is C42H47N3O5. The molecule has 50 heavy (non-hydrogen) atoms. The molecule has 7 rings (SSSR count). The maximum Gasteiger partial charge on any atom is 0.419 e. The van der Waals surface area contributed by atoms with E-state index in [-0.39, 0.29) is 24.2 Å². The van der Waals surface area contributed by atoms with E-state index in [1.807, 2.05) is 105 Å². The van der Waals surface area contributed by atoms with Crippen LogP contribution in [0.5, 0.6) is 5.75 Å². The summed E-state index contributed by atoms with van der Waals surface area (Å²) in [5.74, 6) is 0.907. The molecule has 1 saturated heterocycles. The van der Waals surface area contributed by atoms with E-state index in [0.29, 0.717) is 48.3 Å². The Morgan fingerprint density at radius 2 is 1.54 bits per heavy atom. The number of nitrogens with zero attached hydrogens (tertiary/aromatic N) is 2. The van der Waals surface area contributed by atoms with Crippen LogP contribution in [0, 0.1) is 5.92 Å². The van der Waals surface area contributed by atoms with Gasteiger partial charge in [-0.15, -0.1) is 0 Å². The average Bonchev–Trinajstić information content (AvgIpc) is 3.11. The lowest BCUT2D eigenvalue weighted by Crippen LogP contribution is -2.62. The zero-order valence-corrected chi connectivity index (χ0v) is 29.3. The first-order chi connectivity index (χ1) is 24.1. The molecule has 0 radical (unpaired) electrons. The number of hydrogen-bond donors (Lipinski definition) is 1. The van der Waals surface area contributed by atoms with Gasteiger partial charge in [0.1, 0.15) is 24.6 Å². The normalized spacial score (nSPS) is 21.0. The second-order valence-corrected chi connectivity index (χ2v) is 14.9. The lowest BCUT2D eigenvalue weighted by Gasteiger charge is -2.58. The van der Waals surface area contributed by atoms with Crippen molar-refractivity contribution in [2.75, 3.05) is 17.2 Å². The van der Waals surface area contributed by atoms with Crippen molar-refractivity contribution >= 4 is 29.2 Å². The van der Waals surface area contributed by atoms with E-state index in [0.717, 1.165) is 48.8 Å². The lowest BCUT2D eigenvalue weighted by molar-refractivity contribution is -0.0137. The van der Waals surface area contributed by atoms with Crippen molar-refractivity contribution in [3.63, 3.8) is 0 Å². The molecule has 1 saturated carbocycles. The number of carbonyl (C=O) groups is 2. The number of para-hydroxylation sites is 2. The van der Waals surface area contributed by atoms with Crippen molar-refractivity contribution in [3.8, 4) is 5.75 Å². The number of rotatable bonds is 7. The highest BCUT2D eigenvalue weighted by molar-refractivity contribution is 6.01. The molecule has 2 fully saturated rings. The molecule has 4 aromatic rings. The summed E-state index contributed by atoms with van der Waals surface area (Å²) >= 11 is 0. The van der Waals surface area contributed by atoms with Crippen LogP contribution in [-0.2, 0) is 34.5 Å². The van der Waals surface area contributed by atoms with Crippen molar-refractivity contribution in [2.24, 2.45) is 5.92 Å². The third-order valence-corrected chi connectivity index (χ3v) is 10.6. The van der Waals surface area contributed by atoms with Crippen LogP contribution in [0.3, 0.4) is 0 Å². The standard InChI is InChI=1S/C42H47N3O5/c1-41(2,3)50-40(47)45(35-20-11-10-19-34(35)43)37-25-31-24-36-32-18-12-13-21-42(32,33(31)26-38(37)48-27-29-14-6-4-7-15-29)22-23-44(36)39(46)49-28-30-16-8-5-9-17-30/h4-11,14-17,19-20,25-26,32,36H,12-13,18,21-24,27-28,43H2,1-3H3/t32-,36+,42+/m1/s1. The number of likely N-dealkylation sites (tertiary alicyclic amines) is 1. The summed E-state index contributed by atoms with van der Waals surface area (Å²) in [6.07, 6.45) is 5.06. The molecule has 2 amide bonds. The average molecular weight is 674 g/mol. The molecule has 1 aliphatic heterocycles. The molecule has 3 aliphatic rings. The molecule has 8 heteroatoms. The Bertz CT molecular complexity index is 1840. The molecule has 8 nitrogen and oxygen atoms in total. The summed E-state index contributed by atoms with van der Waals surface area (Å²) in [6.45, 7) is 6.77. The third-order valence-electron chi connectivity index (χ3n) is 10.6. The van der Waals surface area contributed by atoms with Crippen molar-refractivity contribution in [3.05, 3.63) is 119 Å². The Labute approximate surface area is 295 Å². The molecule has 0 unspecified atom stereocenters. The summed E-state index contributed by atoms with van der Waals surface area (Å²) in [5.41, 5.74) is 11.6. The highest BCUT2D eigenvalue weighted by Gasteiger charge is 2.55. The van der Waals surface area contributed by atoms with E-state index < -0.39 is 11.7 Å². The van der Waals surface area contributed by atoms with Gasteiger partial charge in [-0.05, 0) is 98.9 Å². The van der Waals surface area contributed by atoms with E-state index >= 15 is 0 Å². The topological polar surface area (TPSA) is 94.3 Å². The molecule has 2 aliphatic carbocycles. The molecule has 3 atom stereocenters. The maximum absolute atomic E-state index is 14.2. The van der Waals surface area contributed by atoms with Crippen LogP contribution in [0.2, 0.25) is 0 Å². The number of fused-ring (bicyclic) bond motifs is 1. The Hall–Kier alpha value is -4.98. The van der Waals surface area contributed by atoms with Gasteiger partial charge in [0, 0.05) is 18.0 Å². The first kappa shape index (κ1) is 33.5. The Balaban J connectivity index is 1.32. The van der Waals surface area contributed by atoms with Gasteiger partial charge < -0.3 is 24.8 Å². The Morgan fingerprint density at radius 1 is 0.860 bits per heavy atom. The highest BCUT2D eigenvalue weighted by Crippen LogP contribution is 2.57. The van der Waals surface area contributed by atoms with Crippen LogP contribution in [0.1, 0.15) is 75.1 Å². The van der Waals surface area contributed by atoms with Gasteiger partial charge in [-0.3, -0.25) is 0 Å². The molecular weight excluding hydrogens is 626 g/mol. The van der Waals surface area contributed by atoms with Crippen molar-refractivity contribution in [2.45, 2.75) is 89.6 Å². The number of nitrogen functional groups attached to an aromatic ring is 1. The molecule has 0 aromatic heterocycles. The fraction of sp³-hybridized carbons (Fsp3) is 0.381. The van der Waals surface area contributed by atoms with Crippen LogP contribution in [-0.4, -0.2) is 35.3 Å². The van der Waals surface area contributed by atoms with Crippen molar-refractivity contribution in [1.29, 1.82) is 0 Å². The largest absolute Gasteiger partial charge is 0.487 e. The summed E-state index contributed by atoms with van der Waals surface area (Å²) in [7, 11) is 0. The monoisotopic (exact) mass is 673 g/mol. The first-order valence-electron chi connectivity index (χ1n) is 17.8. The van der Waals surface area contributed by atoms with Crippen LogP contribution in [0.15, 0.2) is 97.1 Å². The first-order valence-corrected chi connectivity index (χ1v) is 17.8. The lowest BCUT2D eigenvalue weighted by atomic mass is 9.52. The second kappa shape index (κ2) is 13.7. The smallest absolute Gasteiger partial charge is 0.419 e. The van der Waals surface area contributed by atoms with E-state index in [4.69, 9.17) is 19.9 Å². The number of piperidine rings is 1. The molecule has 2 bridgehead atoms. The number of amides is 2. The fourth-order valence-electron chi connectivity index (χ4n) is 8.41. The molecule has 0 spiro atoms. The fourth-order valence-corrected chi connectivity index (χ4v) is 8.41. The van der Waals surface area contributed by atoms with Gasteiger partial charge in [0.15, 0.2) is 0 Å². The third kappa shape index (κ3) is 6.63. The number of carbonyl (C=O) groups excluding carboxylic acids is 2. The predicted octanol–water partition coefficient (Wildman–Crippen LogP) is 9.32. The second-order valence-electron chi connectivity index (χ2n) is 14.9. The van der Waals surface area contributed by atoms with Crippen LogP contribution in [0.4, 0.5) is 26.7 Å². The Kier molecular flexibility index (Phi) is 9.21. The zero-order chi connectivity index (χ0) is 34.9.